The molecule has 7 heteroatoms. The van der Waals surface area contributed by atoms with Crippen LogP contribution >= 0.6 is 0 Å². The zero-order chi connectivity index (χ0) is 16.4. The van der Waals surface area contributed by atoms with Gasteiger partial charge in [0.05, 0.1) is 6.54 Å². The molecule has 0 saturated carbocycles. The fraction of sp³-hybridized carbons (Fsp3) is 0.438. The van der Waals surface area contributed by atoms with Crippen LogP contribution < -0.4 is 9.64 Å². The molecule has 1 amide bonds. The van der Waals surface area contributed by atoms with Gasteiger partial charge in [-0.3, -0.25) is 4.79 Å². The summed E-state index contributed by atoms with van der Waals surface area (Å²) in [5.41, 5.74) is 0.697. The number of aryl methyl sites for hydroxylation is 1. The van der Waals surface area contributed by atoms with Crippen molar-refractivity contribution in [3.63, 3.8) is 0 Å². The van der Waals surface area contributed by atoms with Crippen molar-refractivity contribution in [3.05, 3.63) is 36.4 Å². The Balaban J connectivity index is 1.63. The van der Waals surface area contributed by atoms with E-state index in [-0.39, 0.29) is 12.0 Å². The van der Waals surface area contributed by atoms with Gasteiger partial charge in [-0.1, -0.05) is 0 Å². The van der Waals surface area contributed by atoms with Crippen LogP contribution in [0.2, 0.25) is 0 Å². The van der Waals surface area contributed by atoms with Gasteiger partial charge in [-0.05, 0) is 12.1 Å². The van der Waals surface area contributed by atoms with Crippen LogP contribution in [0.5, 0.6) is 5.88 Å². The van der Waals surface area contributed by atoms with Gasteiger partial charge in [-0.15, -0.1) is 0 Å². The van der Waals surface area contributed by atoms with Crippen LogP contribution in [-0.4, -0.2) is 58.6 Å². The number of aromatic nitrogens is 3. The molecule has 1 fully saturated rings. The topological polar surface area (TPSA) is 63.5 Å². The molecule has 3 rings (SSSR count). The van der Waals surface area contributed by atoms with Crippen molar-refractivity contribution >= 4 is 11.7 Å². The maximum Gasteiger partial charge on any atom is 0.270 e. The smallest absolute Gasteiger partial charge is 0.270 e. The van der Waals surface area contributed by atoms with E-state index in [0.717, 1.165) is 12.2 Å². The van der Waals surface area contributed by atoms with E-state index in [1.54, 1.807) is 0 Å². The highest BCUT2D eigenvalue weighted by Crippen LogP contribution is 2.20. The average molecular weight is 315 g/mol. The highest BCUT2D eigenvalue weighted by atomic mass is 16.5. The van der Waals surface area contributed by atoms with E-state index in [4.69, 9.17) is 4.74 Å². The van der Waals surface area contributed by atoms with Gasteiger partial charge in [-0.25, -0.2) is 9.97 Å². The van der Waals surface area contributed by atoms with Gasteiger partial charge in [-0.2, -0.15) is 0 Å². The fourth-order valence-electron chi connectivity index (χ4n) is 2.66. The van der Waals surface area contributed by atoms with Gasteiger partial charge in [0.25, 0.3) is 5.91 Å². The summed E-state index contributed by atoms with van der Waals surface area (Å²) in [5.74, 6) is 1.38. The van der Waals surface area contributed by atoms with Gasteiger partial charge >= 0.3 is 0 Å². The molecule has 122 valence electrons. The molecule has 0 radical (unpaired) electrons. The summed E-state index contributed by atoms with van der Waals surface area (Å²) in [4.78, 5) is 24.5. The summed E-state index contributed by atoms with van der Waals surface area (Å²) in [7, 11) is 5.71. The monoisotopic (exact) mass is 315 g/mol. The lowest BCUT2D eigenvalue weighted by atomic mass is 10.3. The summed E-state index contributed by atoms with van der Waals surface area (Å²) in [6, 6.07) is 5.52. The summed E-state index contributed by atoms with van der Waals surface area (Å²) in [5, 5.41) is 0. The molecule has 0 bridgehead atoms. The van der Waals surface area contributed by atoms with Crippen LogP contribution in [0.1, 0.15) is 16.9 Å². The van der Waals surface area contributed by atoms with Crippen molar-refractivity contribution < 1.29 is 9.53 Å². The van der Waals surface area contributed by atoms with Crippen molar-refractivity contribution in [2.75, 3.05) is 32.1 Å². The highest BCUT2D eigenvalue weighted by Gasteiger charge is 2.29. The van der Waals surface area contributed by atoms with Crippen molar-refractivity contribution in [3.8, 4) is 5.88 Å². The number of anilines is 1. The standard InChI is InChI=1S/C16H21N5O2/c1-19(2)14-9-15(18-11-17-14)23-12-6-8-21(10-12)16(22)13-5-4-7-20(13)3/h4-5,7,9,11-12H,6,8,10H2,1-3H3. The number of hydrogen-bond donors (Lipinski definition) is 0. The first-order valence-corrected chi connectivity index (χ1v) is 7.61. The molecule has 2 aromatic rings. The molecule has 1 aliphatic rings. The third-order valence-corrected chi connectivity index (χ3v) is 3.97. The van der Waals surface area contributed by atoms with E-state index >= 15 is 0 Å². The first-order chi connectivity index (χ1) is 11.0. The van der Waals surface area contributed by atoms with Crippen molar-refractivity contribution in [2.24, 2.45) is 7.05 Å². The molecule has 1 aliphatic heterocycles. The maximum absolute atomic E-state index is 12.5. The van der Waals surface area contributed by atoms with Gasteiger partial charge < -0.3 is 19.1 Å². The number of carbonyl (C=O) groups is 1. The minimum Gasteiger partial charge on any atom is -0.472 e. The zero-order valence-electron chi connectivity index (χ0n) is 13.6. The Hall–Kier alpha value is -2.57. The molecule has 0 N–H and O–H groups in total. The van der Waals surface area contributed by atoms with Crippen LogP contribution in [0.15, 0.2) is 30.7 Å². The lowest BCUT2D eigenvalue weighted by molar-refractivity contribution is 0.0762. The molecule has 0 aromatic carbocycles. The Labute approximate surface area is 135 Å². The third-order valence-electron chi connectivity index (χ3n) is 3.97. The van der Waals surface area contributed by atoms with E-state index in [1.807, 2.05) is 59.9 Å². The third kappa shape index (κ3) is 3.28. The van der Waals surface area contributed by atoms with Gasteiger partial charge in [0.15, 0.2) is 0 Å². The van der Waals surface area contributed by atoms with Crippen molar-refractivity contribution in [2.45, 2.75) is 12.5 Å². The van der Waals surface area contributed by atoms with Crippen LogP contribution in [0.25, 0.3) is 0 Å². The fourth-order valence-corrected chi connectivity index (χ4v) is 2.66. The number of amides is 1. The lowest BCUT2D eigenvalue weighted by Crippen LogP contribution is -2.32. The van der Waals surface area contributed by atoms with Crippen LogP contribution in [-0.2, 0) is 7.05 Å². The largest absolute Gasteiger partial charge is 0.472 e. The molecule has 0 spiro atoms. The van der Waals surface area contributed by atoms with E-state index in [1.165, 1.54) is 6.33 Å². The van der Waals surface area contributed by atoms with E-state index in [2.05, 4.69) is 9.97 Å². The van der Waals surface area contributed by atoms with Crippen LogP contribution in [0.4, 0.5) is 5.82 Å². The number of carbonyl (C=O) groups excluding carboxylic acids is 1. The van der Waals surface area contributed by atoms with Gasteiger partial charge in [0, 0.05) is 46.4 Å². The minimum atomic E-state index is -0.0378. The second-order valence-electron chi connectivity index (χ2n) is 5.89. The number of nitrogens with zero attached hydrogens (tertiary/aromatic N) is 5. The Kier molecular flexibility index (Phi) is 4.18. The van der Waals surface area contributed by atoms with Gasteiger partial charge in [0.2, 0.25) is 5.88 Å². The molecule has 1 unspecified atom stereocenters. The number of ether oxygens (including phenoxy) is 1. The van der Waals surface area contributed by atoms with Crippen LogP contribution in [0.3, 0.4) is 0 Å². The van der Waals surface area contributed by atoms with E-state index in [9.17, 15) is 4.79 Å². The summed E-state index contributed by atoms with van der Waals surface area (Å²) in [6.07, 6.45) is 4.13. The normalized spacial score (nSPS) is 17.3. The minimum absolute atomic E-state index is 0.0378. The molecule has 1 saturated heterocycles. The molecular formula is C16H21N5O2. The predicted octanol–water partition coefficient (Wildman–Crippen LogP) is 1.17. The predicted molar refractivity (Wildman–Crippen MR) is 86.7 cm³/mol. The molecule has 3 heterocycles. The maximum atomic E-state index is 12.5. The second-order valence-corrected chi connectivity index (χ2v) is 5.89. The summed E-state index contributed by atoms with van der Waals surface area (Å²) < 4.78 is 7.75. The SMILES string of the molecule is CN(C)c1cc(OC2CCN(C(=O)c3cccn3C)C2)ncn1. The quantitative estimate of drug-likeness (QED) is 0.847. The molecule has 23 heavy (non-hydrogen) atoms. The zero-order valence-corrected chi connectivity index (χ0v) is 13.6. The summed E-state index contributed by atoms with van der Waals surface area (Å²) >= 11 is 0. The molecule has 1 atom stereocenters. The Bertz CT molecular complexity index is 697. The van der Waals surface area contributed by atoms with E-state index in [0.29, 0.717) is 24.7 Å². The first-order valence-electron chi connectivity index (χ1n) is 7.61. The second kappa shape index (κ2) is 6.28. The van der Waals surface area contributed by atoms with E-state index < -0.39 is 0 Å². The molecule has 0 aliphatic carbocycles. The van der Waals surface area contributed by atoms with Gasteiger partial charge in [0.1, 0.15) is 23.9 Å². The first kappa shape index (κ1) is 15.3. The Morgan fingerprint density at radius 2 is 2.22 bits per heavy atom. The molecule has 2 aromatic heterocycles. The summed E-state index contributed by atoms with van der Waals surface area (Å²) in [6.45, 7) is 1.27. The number of likely N-dealkylation sites (tertiary alicyclic amines) is 1. The van der Waals surface area contributed by atoms with Crippen molar-refractivity contribution in [1.82, 2.24) is 19.4 Å². The number of rotatable bonds is 4. The lowest BCUT2D eigenvalue weighted by Gasteiger charge is -2.18. The highest BCUT2D eigenvalue weighted by molar-refractivity contribution is 5.93. The Morgan fingerprint density at radius 1 is 1.39 bits per heavy atom. The average Bonchev–Trinajstić information content (AvgIpc) is 3.16. The number of hydrogen-bond acceptors (Lipinski definition) is 5. The molecular weight excluding hydrogens is 294 g/mol. The molecule has 7 nitrogen and oxygen atoms in total. The van der Waals surface area contributed by atoms with Crippen molar-refractivity contribution in [1.29, 1.82) is 0 Å². The van der Waals surface area contributed by atoms with Crippen LogP contribution in [0, 0.1) is 0 Å². The Morgan fingerprint density at radius 3 is 2.91 bits per heavy atom.